The molecule has 2 aromatic rings. The van der Waals surface area contributed by atoms with Crippen LogP contribution in [0.1, 0.15) is 46.9 Å². The Balaban J connectivity index is 2.00. The van der Waals surface area contributed by atoms with Crippen LogP contribution in [0.15, 0.2) is 33.2 Å². The molecule has 22 heavy (non-hydrogen) atoms. The van der Waals surface area contributed by atoms with Gasteiger partial charge in [-0.05, 0) is 31.0 Å². The van der Waals surface area contributed by atoms with E-state index >= 15 is 0 Å². The molecule has 0 amide bonds. The Kier molecular flexibility index (Phi) is 2.66. The highest BCUT2D eigenvalue weighted by atomic mass is 16.5. The number of carboxylic acid groups (broad SMARTS) is 1. The van der Waals surface area contributed by atoms with E-state index in [1.807, 2.05) is 0 Å². The maximum Gasteiger partial charge on any atom is 0.335 e. The number of carboxylic acids is 1. The van der Waals surface area contributed by atoms with Crippen LogP contribution in [0.2, 0.25) is 0 Å². The number of hydrogen-bond acceptors (Lipinski definition) is 4. The summed E-state index contributed by atoms with van der Waals surface area (Å²) in [6.07, 6.45) is 2.75. The van der Waals surface area contributed by atoms with Crippen LogP contribution in [-0.2, 0) is 4.74 Å². The summed E-state index contributed by atoms with van der Waals surface area (Å²) >= 11 is 0. The molecule has 1 aromatic carbocycles. The topological polar surface area (TPSA) is 76.7 Å². The fourth-order valence-electron chi connectivity index (χ4n) is 3.51. The third-order valence-electron chi connectivity index (χ3n) is 4.56. The molecule has 0 saturated heterocycles. The average Bonchev–Trinajstić information content (AvgIpc) is 2.51. The lowest BCUT2D eigenvalue weighted by atomic mass is 9.70. The number of rotatable bonds is 2. The monoisotopic (exact) mass is 298 g/mol. The molecule has 1 heterocycles. The van der Waals surface area contributed by atoms with Gasteiger partial charge in [0.05, 0.1) is 23.6 Å². The van der Waals surface area contributed by atoms with E-state index in [9.17, 15) is 9.59 Å². The van der Waals surface area contributed by atoms with Crippen molar-refractivity contribution >= 4 is 22.5 Å². The predicted molar refractivity (Wildman–Crippen MR) is 80.0 cm³/mol. The second-order valence-corrected chi connectivity index (χ2v) is 5.68. The summed E-state index contributed by atoms with van der Waals surface area (Å²) in [5, 5.41) is 9.41. The van der Waals surface area contributed by atoms with Crippen molar-refractivity contribution in [2.75, 3.05) is 7.11 Å². The molecule has 112 valence electrons. The molecule has 0 aliphatic heterocycles. The first-order valence-electron chi connectivity index (χ1n) is 7.23. The Bertz CT molecular complexity index is 903. The fourth-order valence-corrected chi connectivity index (χ4v) is 3.51. The SMILES string of the molecule is COC1=C2c3oc4ccc(C(=O)O)cc4c(=O)c3C2CCC1. The van der Waals surface area contributed by atoms with Gasteiger partial charge in [0.1, 0.15) is 17.1 Å². The maximum absolute atomic E-state index is 12.7. The van der Waals surface area contributed by atoms with Gasteiger partial charge in [0.2, 0.25) is 0 Å². The van der Waals surface area contributed by atoms with Crippen molar-refractivity contribution < 1.29 is 19.1 Å². The lowest BCUT2D eigenvalue weighted by Crippen LogP contribution is -2.29. The van der Waals surface area contributed by atoms with Crippen LogP contribution in [0.3, 0.4) is 0 Å². The summed E-state index contributed by atoms with van der Waals surface area (Å²) in [7, 11) is 1.64. The van der Waals surface area contributed by atoms with Crippen LogP contribution < -0.4 is 5.43 Å². The van der Waals surface area contributed by atoms with Crippen molar-refractivity contribution in [1.82, 2.24) is 0 Å². The lowest BCUT2D eigenvalue weighted by molar-refractivity contribution is 0.0697. The summed E-state index contributed by atoms with van der Waals surface area (Å²) in [6.45, 7) is 0. The zero-order chi connectivity index (χ0) is 15.4. The first-order chi connectivity index (χ1) is 10.6. The summed E-state index contributed by atoms with van der Waals surface area (Å²) in [5.41, 5.74) is 2.06. The van der Waals surface area contributed by atoms with Gasteiger partial charge in [0.25, 0.3) is 0 Å². The van der Waals surface area contributed by atoms with Crippen LogP contribution in [0, 0.1) is 0 Å². The standard InChI is InChI=1S/C17H14O5/c1-21-12-4-2-3-9-13(12)16-14(9)15(18)10-7-8(17(19)20)5-6-11(10)22-16/h5-7,9H,2-4H2,1H3,(H,19,20). The van der Waals surface area contributed by atoms with Gasteiger partial charge in [-0.15, -0.1) is 0 Å². The van der Waals surface area contributed by atoms with Crippen LogP contribution in [-0.4, -0.2) is 18.2 Å². The molecule has 1 unspecified atom stereocenters. The molecule has 5 heteroatoms. The van der Waals surface area contributed by atoms with E-state index in [-0.39, 0.29) is 16.9 Å². The molecular weight excluding hydrogens is 284 g/mol. The minimum atomic E-state index is -1.05. The number of benzene rings is 1. The van der Waals surface area contributed by atoms with E-state index in [0.717, 1.165) is 30.6 Å². The Morgan fingerprint density at radius 1 is 1.41 bits per heavy atom. The van der Waals surface area contributed by atoms with E-state index in [0.29, 0.717) is 22.3 Å². The van der Waals surface area contributed by atoms with Gasteiger partial charge in [-0.1, -0.05) is 0 Å². The van der Waals surface area contributed by atoms with E-state index in [1.165, 1.54) is 12.1 Å². The van der Waals surface area contributed by atoms with Crippen LogP contribution in [0.25, 0.3) is 16.5 Å². The first-order valence-corrected chi connectivity index (χ1v) is 7.23. The summed E-state index contributed by atoms with van der Waals surface area (Å²) in [6, 6.07) is 4.39. The van der Waals surface area contributed by atoms with Crippen LogP contribution in [0.5, 0.6) is 0 Å². The Morgan fingerprint density at radius 3 is 2.95 bits per heavy atom. The Morgan fingerprint density at radius 2 is 2.23 bits per heavy atom. The van der Waals surface area contributed by atoms with E-state index in [2.05, 4.69) is 0 Å². The highest BCUT2D eigenvalue weighted by Crippen LogP contribution is 2.52. The third-order valence-corrected chi connectivity index (χ3v) is 4.56. The number of methoxy groups -OCH3 is 1. The van der Waals surface area contributed by atoms with Crippen molar-refractivity contribution in [3.05, 3.63) is 51.1 Å². The zero-order valence-electron chi connectivity index (χ0n) is 12.0. The summed E-state index contributed by atoms with van der Waals surface area (Å²) in [4.78, 5) is 23.8. The molecule has 0 saturated carbocycles. The summed E-state index contributed by atoms with van der Waals surface area (Å²) < 4.78 is 11.3. The number of aromatic carboxylic acids is 1. The van der Waals surface area contributed by atoms with Crippen molar-refractivity contribution in [2.45, 2.75) is 25.2 Å². The highest BCUT2D eigenvalue weighted by Gasteiger charge is 2.42. The highest BCUT2D eigenvalue weighted by molar-refractivity contribution is 5.94. The van der Waals surface area contributed by atoms with Gasteiger partial charge >= 0.3 is 5.97 Å². The van der Waals surface area contributed by atoms with Gasteiger partial charge in [0.15, 0.2) is 5.43 Å². The van der Waals surface area contributed by atoms with Gasteiger partial charge in [0, 0.05) is 17.9 Å². The van der Waals surface area contributed by atoms with Crippen molar-refractivity contribution in [3.63, 3.8) is 0 Å². The van der Waals surface area contributed by atoms with Crippen molar-refractivity contribution in [1.29, 1.82) is 0 Å². The van der Waals surface area contributed by atoms with E-state index < -0.39 is 5.97 Å². The molecule has 0 radical (unpaired) electrons. The molecule has 0 spiro atoms. The number of carbonyl (C=O) groups is 1. The minimum Gasteiger partial charge on any atom is -0.501 e. The average molecular weight is 298 g/mol. The number of fused-ring (bicyclic) bond motifs is 5. The predicted octanol–water partition coefficient (Wildman–Crippen LogP) is 3.13. The molecule has 5 nitrogen and oxygen atoms in total. The number of allylic oxidation sites excluding steroid dienone is 2. The molecular formula is C17H14O5. The molecule has 0 bridgehead atoms. The Hall–Kier alpha value is -2.56. The first kappa shape index (κ1) is 13.1. The lowest BCUT2D eigenvalue weighted by Gasteiger charge is -2.36. The minimum absolute atomic E-state index is 0.0628. The van der Waals surface area contributed by atoms with Gasteiger partial charge < -0.3 is 14.3 Å². The van der Waals surface area contributed by atoms with Crippen LogP contribution in [0.4, 0.5) is 0 Å². The second kappa shape index (κ2) is 4.47. The second-order valence-electron chi connectivity index (χ2n) is 5.68. The molecule has 0 fully saturated rings. The number of hydrogen-bond donors (Lipinski definition) is 1. The van der Waals surface area contributed by atoms with Gasteiger partial charge in [-0.2, -0.15) is 0 Å². The molecule has 1 atom stereocenters. The largest absolute Gasteiger partial charge is 0.501 e. The van der Waals surface area contributed by atoms with Crippen molar-refractivity contribution in [3.8, 4) is 0 Å². The van der Waals surface area contributed by atoms with Crippen LogP contribution >= 0.6 is 0 Å². The zero-order valence-corrected chi connectivity index (χ0v) is 12.0. The Labute approximate surface area is 125 Å². The molecule has 2 aliphatic carbocycles. The molecule has 4 rings (SSSR count). The van der Waals surface area contributed by atoms with Gasteiger partial charge in [-0.25, -0.2) is 4.79 Å². The summed E-state index contributed by atoms with van der Waals surface area (Å²) in [5.74, 6) is 0.521. The molecule has 1 aromatic heterocycles. The van der Waals surface area contributed by atoms with Crippen molar-refractivity contribution in [2.24, 2.45) is 0 Å². The van der Waals surface area contributed by atoms with Gasteiger partial charge in [-0.3, -0.25) is 4.79 Å². The quantitative estimate of drug-likeness (QED) is 0.921. The number of ether oxygens (including phenoxy) is 1. The normalized spacial score (nSPS) is 19.4. The van der Waals surface area contributed by atoms with E-state index in [1.54, 1.807) is 13.2 Å². The van der Waals surface area contributed by atoms with E-state index in [4.69, 9.17) is 14.3 Å². The molecule has 2 aliphatic rings. The fraction of sp³-hybridized carbons (Fsp3) is 0.294. The molecule has 1 N–H and O–H groups in total. The smallest absolute Gasteiger partial charge is 0.335 e. The third kappa shape index (κ3) is 1.59. The maximum atomic E-state index is 12.7.